The minimum atomic E-state index is -0.895. The molecule has 1 atom stereocenters. The first-order chi connectivity index (χ1) is 11.8. The Morgan fingerprint density at radius 3 is 2.32 bits per heavy atom. The standard InChI is InChI=1S/C17H25FN4O3/c18-12-8-11(4-2-1-3-5-15(20)23)9-13(10-12)22-17(25)14(19)6-7-16(21)24/h8-10,14H,1-7,19H2,(H2,20,23)(H2,21,24)(H,22,25). The largest absolute Gasteiger partial charge is 0.370 e. The van der Waals surface area contributed by atoms with E-state index in [2.05, 4.69) is 5.32 Å². The molecule has 3 amide bonds. The third-order valence-corrected chi connectivity index (χ3v) is 3.65. The van der Waals surface area contributed by atoms with Gasteiger partial charge in [-0.25, -0.2) is 4.39 Å². The monoisotopic (exact) mass is 352 g/mol. The van der Waals surface area contributed by atoms with Gasteiger partial charge in [-0.1, -0.05) is 6.42 Å². The average molecular weight is 352 g/mol. The van der Waals surface area contributed by atoms with E-state index in [-0.39, 0.29) is 18.7 Å². The molecule has 0 saturated heterocycles. The van der Waals surface area contributed by atoms with Crippen molar-refractivity contribution in [2.75, 3.05) is 5.32 Å². The summed E-state index contributed by atoms with van der Waals surface area (Å²) in [6.45, 7) is 0. The van der Waals surface area contributed by atoms with Crippen LogP contribution in [0.3, 0.4) is 0 Å². The van der Waals surface area contributed by atoms with Crippen molar-refractivity contribution in [1.29, 1.82) is 0 Å². The van der Waals surface area contributed by atoms with Gasteiger partial charge in [0.05, 0.1) is 6.04 Å². The van der Waals surface area contributed by atoms with Gasteiger partial charge in [0.1, 0.15) is 5.82 Å². The van der Waals surface area contributed by atoms with Crippen LogP contribution >= 0.6 is 0 Å². The number of carbonyl (C=O) groups is 3. The first-order valence-corrected chi connectivity index (χ1v) is 8.20. The number of halogens is 1. The number of rotatable bonds is 11. The van der Waals surface area contributed by atoms with E-state index in [1.54, 1.807) is 6.07 Å². The molecule has 0 aliphatic carbocycles. The fourth-order valence-electron chi connectivity index (χ4n) is 2.34. The van der Waals surface area contributed by atoms with Crippen LogP contribution < -0.4 is 22.5 Å². The molecule has 0 bridgehead atoms. The predicted octanol–water partition coefficient (Wildman–Crippen LogP) is 0.945. The van der Waals surface area contributed by atoms with E-state index in [1.165, 1.54) is 12.1 Å². The third kappa shape index (κ3) is 8.80. The number of amides is 3. The molecule has 8 heteroatoms. The Morgan fingerprint density at radius 1 is 1.00 bits per heavy atom. The van der Waals surface area contributed by atoms with Gasteiger partial charge < -0.3 is 22.5 Å². The van der Waals surface area contributed by atoms with Gasteiger partial charge in [0.15, 0.2) is 0 Å². The van der Waals surface area contributed by atoms with Gasteiger partial charge in [0.25, 0.3) is 0 Å². The van der Waals surface area contributed by atoms with E-state index in [0.29, 0.717) is 24.9 Å². The van der Waals surface area contributed by atoms with Gasteiger partial charge in [-0.2, -0.15) is 0 Å². The molecule has 1 unspecified atom stereocenters. The first kappa shape index (κ1) is 20.6. The Kier molecular flexibility index (Phi) is 8.55. The molecule has 0 saturated carbocycles. The highest BCUT2D eigenvalue weighted by molar-refractivity contribution is 5.95. The van der Waals surface area contributed by atoms with Gasteiger partial charge in [0.2, 0.25) is 17.7 Å². The van der Waals surface area contributed by atoms with Crippen LogP contribution in [0.1, 0.15) is 44.1 Å². The molecule has 0 fully saturated rings. The highest BCUT2D eigenvalue weighted by Gasteiger charge is 2.15. The van der Waals surface area contributed by atoms with Crippen LogP contribution in [0.15, 0.2) is 18.2 Å². The molecule has 1 rings (SSSR count). The molecule has 0 aliphatic rings. The maximum absolute atomic E-state index is 13.7. The van der Waals surface area contributed by atoms with Crippen molar-refractivity contribution in [3.63, 3.8) is 0 Å². The van der Waals surface area contributed by atoms with Crippen molar-refractivity contribution in [2.45, 2.75) is 51.0 Å². The molecule has 0 spiro atoms. The molecule has 1 aromatic rings. The molecule has 138 valence electrons. The zero-order chi connectivity index (χ0) is 18.8. The summed E-state index contributed by atoms with van der Waals surface area (Å²) >= 11 is 0. The zero-order valence-corrected chi connectivity index (χ0v) is 14.1. The molecular weight excluding hydrogens is 327 g/mol. The van der Waals surface area contributed by atoms with E-state index in [9.17, 15) is 18.8 Å². The van der Waals surface area contributed by atoms with E-state index in [1.807, 2.05) is 0 Å². The number of nitrogens with two attached hydrogens (primary N) is 3. The van der Waals surface area contributed by atoms with Crippen LogP contribution in [-0.2, 0) is 20.8 Å². The Labute approximate surface area is 146 Å². The van der Waals surface area contributed by atoms with Gasteiger partial charge in [-0.3, -0.25) is 14.4 Å². The molecule has 7 nitrogen and oxygen atoms in total. The maximum Gasteiger partial charge on any atom is 0.241 e. The molecule has 25 heavy (non-hydrogen) atoms. The van der Waals surface area contributed by atoms with Gasteiger partial charge in [-0.05, 0) is 49.4 Å². The van der Waals surface area contributed by atoms with Crippen LogP contribution in [0.2, 0.25) is 0 Å². The lowest BCUT2D eigenvalue weighted by atomic mass is 10.0. The Morgan fingerprint density at radius 2 is 1.68 bits per heavy atom. The normalized spacial score (nSPS) is 11.8. The van der Waals surface area contributed by atoms with Crippen molar-refractivity contribution < 1.29 is 18.8 Å². The van der Waals surface area contributed by atoms with E-state index in [0.717, 1.165) is 18.4 Å². The second-order valence-electron chi connectivity index (χ2n) is 5.98. The first-order valence-electron chi connectivity index (χ1n) is 8.20. The summed E-state index contributed by atoms with van der Waals surface area (Å²) in [7, 11) is 0. The Balaban J connectivity index is 2.54. The van der Waals surface area contributed by atoms with Crippen molar-refractivity contribution in [3.8, 4) is 0 Å². The highest BCUT2D eigenvalue weighted by Crippen LogP contribution is 2.17. The van der Waals surface area contributed by atoms with Crippen LogP contribution in [0.4, 0.5) is 10.1 Å². The van der Waals surface area contributed by atoms with Crippen molar-refractivity contribution in [3.05, 3.63) is 29.6 Å². The Bertz CT molecular complexity index is 622. The summed E-state index contributed by atoms with van der Waals surface area (Å²) in [4.78, 5) is 33.3. The summed E-state index contributed by atoms with van der Waals surface area (Å²) in [5.74, 6) is -1.83. The summed E-state index contributed by atoms with van der Waals surface area (Å²) in [6.07, 6.45) is 3.38. The summed E-state index contributed by atoms with van der Waals surface area (Å²) < 4.78 is 13.7. The molecule has 0 radical (unpaired) electrons. The van der Waals surface area contributed by atoms with E-state index < -0.39 is 23.7 Å². The molecule has 1 aromatic carbocycles. The second-order valence-corrected chi connectivity index (χ2v) is 5.98. The zero-order valence-electron chi connectivity index (χ0n) is 14.1. The predicted molar refractivity (Wildman–Crippen MR) is 92.8 cm³/mol. The number of primary amides is 2. The number of aryl methyl sites for hydroxylation is 1. The summed E-state index contributed by atoms with van der Waals surface area (Å²) in [6, 6.07) is 3.38. The van der Waals surface area contributed by atoms with Crippen molar-refractivity contribution in [2.24, 2.45) is 17.2 Å². The quantitative estimate of drug-likeness (QED) is 0.440. The smallest absolute Gasteiger partial charge is 0.241 e. The number of unbranched alkanes of at least 4 members (excludes halogenated alkanes) is 2. The highest BCUT2D eigenvalue weighted by atomic mass is 19.1. The SMILES string of the molecule is NC(=O)CCCCCc1cc(F)cc(NC(=O)C(N)CCC(N)=O)c1. The van der Waals surface area contributed by atoms with Crippen LogP contribution in [0.25, 0.3) is 0 Å². The topological polar surface area (TPSA) is 141 Å². The number of nitrogens with one attached hydrogen (secondary N) is 1. The van der Waals surface area contributed by atoms with Gasteiger partial charge in [-0.15, -0.1) is 0 Å². The lowest BCUT2D eigenvalue weighted by Gasteiger charge is -2.12. The van der Waals surface area contributed by atoms with Crippen LogP contribution in [-0.4, -0.2) is 23.8 Å². The minimum absolute atomic E-state index is 0.00822. The molecular formula is C17H25FN4O3. The van der Waals surface area contributed by atoms with E-state index >= 15 is 0 Å². The second kappa shape index (κ2) is 10.4. The lowest BCUT2D eigenvalue weighted by molar-refractivity contribution is -0.120. The fraction of sp³-hybridized carbons (Fsp3) is 0.471. The summed E-state index contributed by atoms with van der Waals surface area (Å²) in [5.41, 5.74) is 16.8. The van der Waals surface area contributed by atoms with Crippen LogP contribution in [0.5, 0.6) is 0 Å². The number of anilines is 1. The fourth-order valence-corrected chi connectivity index (χ4v) is 2.34. The lowest BCUT2D eigenvalue weighted by Crippen LogP contribution is -2.36. The molecule has 7 N–H and O–H groups in total. The Hall–Kier alpha value is -2.48. The maximum atomic E-state index is 13.7. The average Bonchev–Trinajstić information content (AvgIpc) is 2.51. The van der Waals surface area contributed by atoms with Crippen molar-refractivity contribution in [1.82, 2.24) is 0 Å². The van der Waals surface area contributed by atoms with Crippen molar-refractivity contribution >= 4 is 23.4 Å². The number of hydrogen-bond donors (Lipinski definition) is 4. The molecule has 0 heterocycles. The third-order valence-electron chi connectivity index (χ3n) is 3.65. The molecule has 0 aromatic heterocycles. The molecule has 0 aliphatic heterocycles. The number of carbonyl (C=O) groups excluding carboxylic acids is 3. The van der Waals surface area contributed by atoms with Gasteiger partial charge in [0, 0.05) is 18.5 Å². The van der Waals surface area contributed by atoms with Gasteiger partial charge >= 0.3 is 0 Å². The van der Waals surface area contributed by atoms with E-state index in [4.69, 9.17) is 17.2 Å². The number of benzene rings is 1. The minimum Gasteiger partial charge on any atom is -0.370 e. The summed E-state index contributed by atoms with van der Waals surface area (Å²) in [5, 5.41) is 2.55. The number of hydrogen-bond acceptors (Lipinski definition) is 4. The van der Waals surface area contributed by atoms with Crippen LogP contribution in [0, 0.1) is 5.82 Å².